The summed E-state index contributed by atoms with van der Waals surface area (Å²) in [5.74, 6) is 0. The molecule has 5 atom stereocenters. The Balaban J connectivity index is 1.47. The van der Waals surface area contributed by atoms with Crippen molar-refractivity contribution in [1.82, 2.24) is 0 Å². The van der Waals surface area contributed by atoms with Gasteiger partial charge in [0.2, 0.25) is 0 Å². The van der Waals surface area contributed by atoms with Crippen LogP contribution >= 0.6 is 0 Å². The Kier molecular flexibility index (Phi) is 10.5. The van der Waals surface area contributed by atoms with Crippen LogP contribution < -0.4 is 0 Å². The molecular formula is C34H36O7S. The van der Waals surface area contributed by atoms with Gasteiger partial charge < -0.3 is 23.7 Å². The third kappa shape index (κ3) is 8.35. The van der Waals surface area contributed by atoms with E-state index in [4.69, 9.17) is 23.7 Å². The Labute approximate surface area is 247 Å². The predicted octanol–water partition coefficient (Wildman–Crippen LogP) is 5.69. The van der Waals surface area contributed by atoms with Gasteiger partial charge in [-0.05, 0) is 22.3 Å². The predicted molar refractivity (Wildman–Crippen MR) is 160 cm³/mol. The highest BCUT2D eigenvalue weighted by Gasteiger charge is 2.52. The minimum atomic E-state index is -3.76. The van der Waals surface area contributed by atoms with Crippen molar-refractivity contribution in [3.05, 3.63) is 144 Å². The largest absolute Gasteiger partial charge is 0.368 e. The smallest absolute Gasteiger partial charge is 0.190 e. The summed E-state index contributed by atoms with van der Waals surface area (Å²) in [6.07, 6.45) is -2.50. The number of benzene rings is 4. The van der Waals surface area contributed by atoms with Crippen molar-refractivity contribution in [2.75, 3.05) is 6.26 Å². The van der Waals surface area contributed by atoms with E-state index in [1.807, 2.05) is 121 Å². The van der Waals surface area contributed by atoms with Gasteiger partial charge in [0.05, 0.1) is 26.4 Å². The van der Waals surface area contributed by atoms with Gasteiger partial charge >= 0.3 is 0 Å². The van der Waals surface area contributed by atoms with E-state index in [-0.39, 0.29) is 26.4 Å². The van der Waals surface area contributed by atoms with E-state index in [2.05, 4.69) is 0 Å². The highest BCUT2D eigenvalue weighted by atomic mass is 32.2. The van der Waals surface area contributed by atoms with E-state index < -0.39 is 39.9 Å². The topological polar surface area (TPSA) is 80.3 Å². The molecule has 1 saturated heterocycles. The summed E-state index contributed by atoms with van der Waals surface area (Å²) in [4.78, 5) is 0. The fraction of sp³-hybridized carbons (Fsp3) is 0.294. The molecule has 0 bridgehead atoms. The van der Waals surface area contributed by atoms with Gasteiger partial charge in [-0.1, -0.05) is 121 Å². The first-order valence-corrected chi connectivity index (χ1v) is 15.9. The maximum Gasteiger partial charge on any atom is 0.190 e. The minimum Gasteiger partial charge on any atom is -0.368 e. The Morgan fingerprint density at radius 3 is 1.21 bits per heavy atom. The summed E-state index contributed by atoms with van der Waals surface area (Å²) in [5, 5.41) is 0. The first-order chi connectivity index (χ1) is 20.5. The lowest BCUT2D eigenvalue weighted by Crippen LogP contribution is -2.62. The molecule has 0 aliphatic carbocycles. The number of rotatable bonds is 13. The van der Waals surface area contributed by atoms with Gasteiger partial charge in [0.25, 0.3) is 0 Å². The zero-order valence-electron chi connectivity index (χ0n) is 23.5. The maximum absolute atomic E-state index is 13.2. The summed E-state index contributed by atoms with van der Waals surface area (Å²) >= 11 is 0. The van der Waals surface area contributed by atoms with Crippen molar-refractivity contribution in [2.24, 2.45) is 0 Å². The lowest BCUT2D eigenvalue weighted by Gasteiger charge is -2.45. The van der Waals surface area contributed by atoms with Crippen LogP contribution in [0.2, 0.25) is 0 Å². The molecule has 1 aliphatic rings. The summed E-state index contributed by atoms with van der Waals surface area (Å²) in [7, 11) is -3.76. The molecule has 4 aromatic rings. The lowest BCUT2D eigenvalue weighted by molar-refractivity contribution is -0.311. The van der Waals surface area contributed by atoms with Crippen LogP contribution in [-0.2, 0) is 59.9 Å². The van der Waals surface area contributed by atoms with Gasteiger partial charge in [-0.15, -0.1) is 0 Å². The van der Waals surface area contributed by atoms with Gasteiger partial charge in [0.1, 0.15) is 18.3 Å². The SMILES string of the molecule is CS(=O)(=O)[C@H]1O[C@H](OCc2ccccc2)[C@H](OCc2ccccc2)[C@@H](OCc2ccccc2)[C@H]1OCc1ccccc1. The van der Waals surface area contributed by atoms with Crippen LogP contribution in [0.25, 0.3) is 0 Å². The fourth-order valence-corrected chi connectivity index (χ4v) is 5.88. The maximum atomic E-state index is 13.2. The van der Waals surface area contributed by atoms with Crippen molar-refractivity contribution in [3.63, 3.8) is 0 Å². The molecule has 0 saturated carbocycles. The van der Waals surface area contributed by atoms with Crippen molar-refractivity contribution >= 4 is 9.84 Å². The van der Waals surface area contributed by atoms with Gasteiger partial charge in [-0.3, -0.25) is 0 Å². The Bertz CT molecular complexity index is 1450. The molecule has 0 N–H and O–H groups in total. The Morgan fingerprint density at radius 1 is 0.500 bits per heavy atom. The van der Waals surface area contributed by atoms with E-state index in [1.165, 1.54) is 0 Å². The normalized spacial score (nSPS) is 22.5. The summed E-state index contributed by atoms with van der Waals surface area (Å²) < 4.78 is 58.1. The summed E-state index contributed by atoms with van der Waals surface area (Å²) in [5.41, 5.74) is 2.37. The van der Waals surface area contributed by atoms with Crippen LogP contribution in [0, 0.1) is 0 Å². The molecule has 0 radical (unpaired) electrons. The van der Waals surface area contributed by atoms with E-state index in [1.54, 1.807) is 0 Å². The first-order valence-electron chi connectivity index (χ1n) is 13.9. The second-order valence-electron chi connectivity index (χ2n) is 10.3. The molecule has 0 unspecified atom stereocenters. The van der Waals surface area contributed by atoms with Crippen LogP contribution in [0.15, 0.2) is 121 Å². The molecule has 7 nitrogen and oxygen atoms in total. The van der Waals surface area contributed by atoms with E-state index in [0.717, 1.165) is 28.5 Å². The van der Waals surface area contributed by atoms with Crippen molar-refractivity contribution < 1.29 is 32.1 Å². The third-order valence-corrected chi connectivity index (χ3v) is 8.21. The summed E-state index contributed by atoms with van der Waals surface area (Å²) in [6, 6.07) is 38.7. The highest BCUT2D eigenvalue weighted by Crippen LogP contribution is 2.33. The molecule has 0 spiro atoms. The molecule has 42 heavy (non-hydrogen) atoms. The monoisotopic (exact) mass is 588 g/mol. The van der Waals surface area contributed by atoms with Crippen molar-refractivity contribution in [3.8, 4) is 0 Å². The Hall–Kier alpha value is -3.37. The minimum absolute atomic E-state index is 0.174. The molecular weight excluding hydrogens is 552 g/mol. The lowest BCUT2D eigenvalue weighted by atomic mass is 10.0. The van der Waals surface area contributed by atoms with Gasteiger partial charge in [0.15, 0.2) is 21.6 Å². The first kappa shape index (κ1) is 30.1. The van der Waals surface area contributed by atoms with Crippen LogP contribution in [-0.4, -0.2) is 44.7 Å². The second kappa shape index (κ2) is 14.7. The van der Waals surface area contributed by atoms with Gasteiger partial charge in [0, 0.05) is 6.26 Å². The fourth-order valence-electron chi connectivity index (χ4n) is 4.85. The van der Waals surface area contributed by atoms with Crippen molar-refractivity contribution in [1.29, 1.82) is 0 Å². The third-order valence-electron chi connectivity index (χ3n) is 6.99. The molecule has 5 rings (SSSR count). The molecule has 0 aromatic heterocycles. The van der Waals surface area contributed by atoms with Crippen LogP contribution in [0.5, 0.6) is 0 Å². The van der Waals surface area contributed by atoms with E-state index >= 15 is 0 Å². The average molecular weight is 589 g/mol. The van der Waals surface area contributed by atoms with Gasteiger partial charge in [-0.2, -0.15) is 0 Å². The van der Waals surface area contributed by atoms with Crippen LogP contribution in [0.4, 0.5) is 0 Å². The van der Waals surface area contributed by atoms with E-state index in [0.29, 0.717) is 0 Å². The number of hydrogen-bond acceptors (Lipinski definition) is 7. The average Bonchev–Trinajstić information content (AvgIpc) is 3.02. The quantitative estimate of drug-likeness (QED) is 0.199. The summed E-state index contributed by atoms with van der Waals surface area (Å²) in [6.45, 7) is 0.852. The van der Waals surface area contributed by atoms with Crippen LogP contribution in [0.1, 0.15) is 22.3 Å². The standard InChI is InChI=1S/C34H36O7S/c1-42(35,36)34-32(39-24-28-18-10-4-11-19-28)30(37-22-26-14-6-2-7-15-26)31(38-23-27-16-8-3-9-17-27)33(41-34)40-25-29-20-12-5-13-21-29/h2-21,30-34H,22-25H2,1H3/t30-,31-,32-,33+,34-/m1/s1. The zero-order valence-corrected chi connectivity index (χ0v) is 24.3. The van der Waals surface area contributed by atoms with Crippen LogP contribution in [0.3, 0.4) is 0 Å². The second-order valence-corrected chi connectivity index (χ2v) is 12.4. The van der Waals surface area contributed by atoms with Gasteiger partial charge in [-0.25, -0.2) is 8.42 Å². The molecule has 0 amide bonds. The molecule has 4 aromatic carbocycles. The molecule has 1 aliphatic heterocycles. The zero-order chi connectivity index (χ0) is 29.2. The number of sulfone groups is 1. The molecule has 1 fully saturated rings. The van der Waals surface area contributed by atoms with E-state index in [9.17, 15) is 8.42 Å². The molecule has 220 valence electrons. The van der Waals surface area contributed by atoms with Crippen molar-refractivity contribution in [2.45, 2.75) is 56.5 Å². The molecule has 1 heterocycles. The highest BCUT2D eigenvalue weighted by molar-refractivity contribution is 7.91. The number of ether oxygens (including phenoxy) is 5. The number of hydrogen-bond donors (Lipinski definition) is 0. The molecule has 8 heteroatoms. The Morgan fingerprint density at radius 2 is 0.833 bits per heavy atom.